The van der Waals surface area contributed by atoms with E-state index in [-0.39, 0.29) is 10.6 Å². The number of nitrogens with one attached hydrogen (secondary N) is 1. The first kappa shape index (κ1) is 12.4. The number of aromatic carboxylic acids is 1. The number of pyridine rings is 1. The molecule has 18 heavy (non-hydrogen) atoms. The highest BCUT2D eigenvalue weighted by Crippen LogP contribution is 2.19. The van der Waals surface area contributed by atoms with Gasteiger partial charge in [-0.1, -0.05) is 11.6 Å². The molecule has 6 nitrogen and oxygen atoms in total. The number of carboxylic acids is 1. The lowest BCUT2D eigenvalue weighted by Crippen LogP contribution is -2.12. The Bertz CT molecular complexity index is 542. The molecular weight excluding hydrogens is 256 g/mol. The van der Waals surface area contributed by atoms with Gasteiger partial charge in [-0.25, -0.2) is 9.78 Å². The lowest BCUT2D eigenvalue weighted by Gasteiger charge is -2.07. The molecule has 0 unspecified atom stereocenters. The van der Waals surface area contributed by atoms with Crippen LogP contribution in [0.3, 0.4) is 0 Å². The maximum atomic E-state index is 10.7. The van der Waals surface area contributed by atoms with E-state index >= 15 is 0 Å². The third kappa shape index (κ3) is 2.98. The SMILES string of the molecule is O=C(O)c1cnc(NCCn2cccn2)c(Cl)c1. The molecule has 0 aliphatic carbocycles. The van der Waals surface area contributed by atoms with E-state index in [1.165, 1.54) is 12.3 Å². The molecule has 2 N–H and O–H groups in total. The summed E-state index contributed by atoms with van der Waals surface area (Å²) in [7, 11) is 0. The molecule has 0 spiro atoms. The Morgan fingerprint density at radius 1 is 1.56 bits per heavy atom. The average Bonchev–Trinajstić information content (AvgIpc) is 2.84. The highest BCUT2D eigenvalue weighted by atomic mass is 35.5. The van der Waals surface area contributed by atoms with Gasteiger partial charge in [0, 0.05) is 25.1 Å². The number of nitrogens with zero attached hydrogens (tertiary/aromatic N) is 3. The molecule has 0 radical (unpaired) electrons. The minimum atomic E-state index is -1.05. The van der Waals surface area contributed by atoms with Crippen molar-refractivity contribution in [1.82, 2.24) is 14.8 Å². The minimum Gasteiger partial charge on any atom is -0.478 e. The van der Waals surface area contributed by atoms with Gasteiger partial charge in [0.15, 0.2) is 0 Å². The molecule has 0 amide bonds. The van der Waals surface area contributed by atoms with Crippen LogP contribution in [0.1, 0.15) is 10.4 Å². The summed E-state index contributed by atoms with van der Waals surface area (Å²) in [5.74, 6) is -0.582. The summed E-state index contributed by atoms with van der Waals surface area (Å²) in [5, 5.41) is 16.1. The van der Waals surface area contributed by atoms with Crippen LogP contribution in [-0.2, 0) is 6.54 Å². The maximum absolute atomic E-state index is 10.7. The number of rotatable bonds is 5. The van der Waals surface area contributed by atoms with Crippen LogP contribution in [0.15, 0.2) is 30.7 Å². The summed E-state index contributed by atoms with van der Waals surface area (Å²) in [6, 6.07) is 3.21. The molecule has 2 rings (SSSR count). The number of aromatic nitrogens is 3. The van der Waals surface area contributed by atoms with E-state index in [0.29, 0.717) is 18.9 Å². The Labute approximate surface area is 108 Å². The minimum absolute atomic E-state index is 0.0672. The number of hydrogen-bond acceptors (Lipinski definition) is 4. The number of anilines is 1. The Kier molecular flexibility index (Phi) is 3.78. The van der Waals surface area contributed by atoms with Crippen molar-refractivity contribution in [2.24, 2.45) is 0 Å². The predicted molar refractivity (Wildman–Crippen MR) is 66.9 cm³/mol. The summed E-state index contributed by atoms with van der Waals surface area (Å²) in [5.41, 5.74) is 0.0672. The third-order valence-corrected chi connectivity index (χ3v) is 2.57. The van der Waals surface area contributed by atoms with Gasteiger partial charge in [0.1, 0.15) is 5.82 Å². The standard InChI is InChI=1S/C11H11ClN4O2/c12-9-6-8(11(17)18)7-14-10(9)13-3-5-16-4-1-2-15-16/h1-2,4,6-7H,3,5H2,(H,13,14)(H,17,18). The van der Waals surface area contributed by atoms with Crippen LogP contribution in [0.4, 0.5) is 5.82 Å². The first-order chi connectivity index (χ1) is 8.66. The van der Waals surface area contributed by atoms with Gasteiger partial charge in [-0.05, 0) is 12.1 Å². The summed E-state index contributed by atoms with van der Waals surface area (Å²) in [4.78, 5) is 14.7. The van der Waals surface area contributed by atoms with E-state index in [1.54, 1.807) is 10.9 Å². The summed E-state index contributed by atoms with van der Waals surface area (Å²) >= 11 is 5.92. The summed E-state index contributed by atoms with van der Waals surface area (Å²) in [6.45, 7) is 1.27. The zero-order valence-electron chi connectivity index (χ0n) is 9.38. The van der Waals surface area contributed by atoms with Crippen molar-refractivity contribution in [3.8, 4) is 0 Å². The van der Waals surface area contributed by atoms with Gasteiger partial charge in [-0.3, -0.25) is 4.68 Å². The Hall–Kier alpha value is -2.08. The Morgan fingerprint density at radius 3 is 3.00 bits per heavy atom. The summed E-state index contributed by atoms with van der Waals surface area (Å²) < 4.78 is 1.77. The summed E-state index contributed by atoms with van der Waals surface area (Å²) in [6.07, 6.45) is 4.82. The third-order valence-electron chi connectivity index (χ3n) is 2.28. The molecule has 0 atom stereocenters. The largest absolute Gasteiger partial charge is 0.478 e. The van der Waals surface area contributed by atoms with Crippen LogP contribution >= 0.6 is 11.6 Å². The molecule has 94 valence electrons. The van der Waals surface area contributed by atoms with Crippen molar-refractivity contribution in [2.45, 2.75) is 6.54 Å². The van der Waals surface area contributed by atoms with Gasteiger partial charge in [0.25, 0.3) is 0 Å². The van der Waals surface area contributed by atoms with E-state index in [4.69, 9.17) is 16.7 Å². The van der Waals surface area contributed by atoms with Crippen molar-refractivity contribution in [3.05, 3.63) is 41.3 Å². The van der Waals surface area contributed by atoms with Crippen molar-refractivity contribution in [3.63, 3.8) is 0 Å². The molecule has 0 saturated carbocycles. The fourth-order valence-electron chi connectivity index (χ4n) is 1.41. The van der Waals surface area contributed by atoms with Crippen LogP contribution in [0.2, 0.25) is 5.02 Å². The molecular formula is C11H11ClN4O2. The van der Waals surface area contributed by atoms with Gasteiger partial charge in [0.05, 0.1) is 17.1 Å². The van der Waals surface area contributed by atoms with Gasteiger partial charge in [0.2, 0.25) is 0 Å². The first-order valence-corrected chi connectivity index (χ1v) is 5.65. The lowest BCUT2D eigenvalue weighted by molar-refractivity contribution is 0.0696. The van der Waals surface area contributed by atoms with Gasteiger partial charge >= 0.3 is 5.97 Å². The second kappa shape index (κ2) is 5.50. The van der Waals surface area contributed by atoms with Crippen LogP contribution in [0, 0.1) is 0 Å². The second-order valence-corrected chi connectivity index (χ2v) is 3.96. The predicted octanol–water partition coefficient (Wildman–Crippen LogP) is 1.74. The van der Waals surface area contributed by atoms with Crippen LogP contribution in [0.25, 0.3) is 0 Å². The normalized spacial score (nSPS) is 10.3. The van der Waals surface area contributed by atoms with E-state index < -0.39 is 5.97 Å². The van der Waals surface area contributed by atoms with Crippen molar-refractivity contribution >= 4 is 23.4 Å². The van der Waals surface area contributed by atoms with E-state index in [9.17, 15) is 4.79 Å². The maximum Gasteiger partial charge on any atom is 0.337 e. The zero-order chi connectivity index (χ0) is 13.0. The quantitative estimate of drug-likeness (QED) is 0.862. The zero-order valence-corrected chi connectivity index (χ0v) is 10.1. The highest BCUT2D eigenvalue weighted by Gasteiger charge is 2.07. The Morgan fingerprint density at radius 2 is 2.39 bits per heavy atom. The van der Waals surface area contributed by atoms with Crippen molar-refractivity contribution in [2.75, 3.05) is 11.9 Å². The number of halogens is 1. The first-order valence-electron chi connectivity index (χ1n) is 5.27. The van der Waals surface area contributed by atoms with Gasteiger partial charge in [-0.15, -0.1) is 0 Å². The monoisotopic (exact) mass is 266 g/mol. The average molecular weight is 267 g/mol. The highest BCUT2D eigenvalue weighted by molar-refractivity contribution is 6.33. The molecule has 0 saturated heterocycles. The lowest BCUT2D eigenvalue weighted by atomic mass is 10.3. The molecule has 2 heterocycles. The van der Waals surface area contributed by atoms with Gasteiger partial charge in [-0.2, -0.15) is 5.10 Å². The van der Waals surface area contributed by atoms with Gasteiger partial charge < -0.3 is 10.4 Å². The molecule has 0 aromatic carbocycles. The van der Waals surface area contributed by atoms with E-state index in [0.717, 1.165) is 0 Å². The number of hydrogen-bond donors (Lipinski definition) is 2. The topological polar surface area (TPSA) is 80.0 Å². The van der Waals surface area contributed by atoms with Crippen molar-refractivity contribution < 1.29 is 9.90 Å². The number of carbonyl (C=O) groups is 1. The molecule has 0 aliphatic heterocycles. The molecule has 2 aromatic rings. The molecule has 0 fully saturated rings. The molecule has 2 aromatic heterocycles. The fourth-order valence-corrected chi connectivity index (χ4v) is 1.64. The smallest absolute Gasteiger partial charge is 0.337 e. The van der Waals surface area contributed by atoms with Crippen LogP contribution < -0.4 is 5.32 Å². The van der Waals surface area contributed by atoms with E-state index in [1.807, 2.05) is 12.3 Å². The van der Waals surface area contributed by atoms with Crippen molar-refractivity contribution in [1.29, 1.82) is 0 Å². The molecule has 0 aliphatic rings. The van der Waals surface area contributed by atoms with E-state index in [2.05, 4.69) is 15.4 Å². The molecule has 0 bridgehead atoms. The van der Waals surface area contributed by atoms with Crippen LogP contribution in [-0.4, -0.2) is 32.4 Å². The second-order valence-electron chi connectivity index (χ2n) is 3.56. The fraction of sp³-hybridized carbons (Fsp3) is 0.182. The van der Waals surface area contributed by atoms with Crippen LogP contribution in [0.5, 0.6) is 0 Å². The Balaban J connectivity index is 1.95. The molecule has 7 heteroatoms. The number of carboxylic acid groups (broad SMARTS) is 1.